The van der Waals surface area contributed by atoms with Crippen molar-refractivity contribution in [3.05, 3.63) is 35.4 Å². The number of Topliss-reactive ketones (excluding diaryl/α,β-unsaturated/α-hetero) is 1. The Morgan fingerprint density at radius 3 is 2.44 bits per heavy atom. The lowest BCUT2D eigenvalue weighted by molar-refractivity contribution is -0.116. The van der Waals surface area contributed by atoms with Gasteiger partial charge in [-0.1, -0.05) is 12.6 Å². The molecule has 0 amide bonds. The molecular formula is C14H19NO. The van der Waals surface area contributed by atoms with E-state index in [-0.39, 0.29) is 5.78 Å². The average Bonchev–Trinajstić information content (AvgIpc) is 2.21. The smallest absolute Gasteiger partial charge is 0.130 e. The Bertz CT molecular complexity index is 409. The van der Waals surface area contributed by atoms with Gasteiger partial charge in [-0.15, -0.1) is 0 Å². The summed E-state index contributed by atoms with van der Waals surface area (Å²) in [6, 6.07) is 4.01. The second-order valence-electron chi connectivity index (χ2n) is 4.31. The predicted molar refractivity (Wildman–Crippen MR) is 69.3 cm³/mol. The van der Waals surface area contributed by atoms with Crippen LogP contribution in [0.15, 0.2) is 18.7 Å². The van der Waals surface area contributed by atoms with Crippen LogP contribution in [0.1, 0.15) is 36.5 Å². The van der Waals surface area contributed by atoms with Crippen LogP contribution in [0, 0.1) is 13.8 Å². The van der Waals surface area contributed by atoms with Crippen LogP contribution in [0.2, 0.25) is 0 Å². The highest BCUT2D eigenvalue weighted by molar-refractivity contribution is 5.78. The van der Waals surface area contributed by atoms with Crippen molar-refractivity contribution in [1.82, 2.24) is 0 Å². The van der Waals surface area contributed by atoms with Gasteiger partial charge < -0.3 is 10.5 Å². The third kappa shape index (κ3) is 2.96. The summed E-state index contributed by atoms with van der Waals surface area (Å²) in [6.07, 6.45) is 1.25. The number of ketones is 1. The van der Waals surface area contributed by atoms with Crippen LogP contribution >= 0.6 is 0 Å². The first-order valence-electron chi connectivity index (χ1n) is 5.46. The number of aryl methyl sites for hydroxylation is 1. The number of allylic oxidation sites excluding steroid dienone is 1. The monoisotopic (exact) mass is 217 g/mol. The highest BCUT2D eigenvalue weighted by Gasteiger charge is 2.05. The molecule has 1 aromatic rings. The van der Waals surface area contributed by atoms with E-state index in [2.05, 4.69) is 12.6 Å². The molecule has 0 saturated carbocycles. The van der Waals surface area contributed by atoms with Crippen molar-refractivity contribution in [2.45, 2.75) is 33.6 Å². The Balaban J connectivity index is 2.88. The number of rotatable bonds is 4. The Morgan fingerprint density at radius 1 is 1.31 bits per heavy atom. The van der Waals surface area contributed by atoms with Crippen LogP contribution in [0.25, 0.3) is 5.57 Å². The molecule has 0 spiro atoms. The molecule has 0 aromatic heterocycles. The van der Waals surface area contributed by atoms with Crippen molar-refractivity contribution in [1.29, 1.82) is 0 Å². The molecule has 0 atom stereocenters. The molecule has 2 N–H and O–H groups in total. The summed E-state index contributed by atoms with van der Waals surface area (Å²) in [7, 11) is 0. The second kappa shape index (κ2) is 4.97. The standard InChI is InChI=1S/C14H19NO/c1-9(5-6-11(3)16)13-7-10(2)12(4)14(15)8-13/h7-8H,1,5-6,15H2,2-4H3. The van der Waals surface area contributed by atoms with E-state index in [0.717, 1.165) is 22.4 Å². The number of benzene rings is 1. The van der Waals surface area contributed by atoms with Gasteiger partial charge in [-0.2, -0.15) is 0 Å². The molecule has 0 radical (unpaired) electrons. The van der Waals surface area contributed by atoms with Crippen molar-refractivity contribution < 1.29 is 4.79 Å². The van der Waals surface area contributed by atoms with Gasteiger partial charge in [-0.25, -0.2) is 0 Å². The Hall–Kier alpha value is -1.57. The first kappa shape index (κ1) is 12.5. The fourth-order valence-corrected chi connectivity index (χ4v) is 1.56. The zero-order valence-corrected chi connectivity index (χ0v) is 10.3. The predicted octanol–water partition coefficient (Wildman–Crippen LogP) is 3.27. The number of hydrogen-bond donors (Lipinski definition) is 1. The van der Waals surface area contributed by atoms with E-state index in [0.29, 0.717) is 12.8 Å². The van der Waals surface area contributed by atoms with Crippen LogP contribution in [0.5, 0.6) is 0 Å². The summed E-state index contributed by atoms with van der Waals surface area (Å²) < 4.78 is 0. The van der Waals surface area contributed by atoms with Crippen LogP contribution in [0.3, 0.4) is 0 Å². The van der Waals surface area contributed by atoms with Gasteiger partial charge in [-0.05, 0) is 55.5 Å². The summed E-state index contributed by atoms with van der Waals surface area (Å²) in [6.45, 7) is 9.64. The summed E-state index contributed by atoms with van der Waals surface area (Å²) in [5.74, 6) is 0.193. The van der Waals surface area contributed by atoms with E-state index < -0.39 is 0 Å². The van der Waals surface area contributed by atoms with Gasteiger partial charge in [0.1, 0.15) is 5.78 Å². The maximum Gasteiger partial charge on any atom is 0.130 e. The van der Waals surface area contributed by atoms with Gasteiger partial charge in [-0.3, -0.25) is 0 Å². The summed E-state index contributed by atoms with van der Waals surface area (Å²) >= 11 is 0. The number of carbonyl (C=O) groups is 1. The third-order valence-corrected chi connectivity index (χ3v) is 2.89. The fourth-order valence-electron chi connectivity index (χ4n) is 1.56. The zero-order valence-electron chi connectivity index (χ0n) is 10.3. The zero-order chi connectivity index (χ0) is 12.3. The minimum atomic E-state index is 0.193. The normalized spacial score (nSPS) is 10.2. The molecular weight excluding hydrogens is 198 g/mol. The van der Waals surface area contributed by atoms with Crippen LogP contribution < -0.4 is 5.73 Å². The molecule has 0 heterocycles. The SMILES string of the molecule is C=C(CCC(C)=O)c1cc(C)c(C)c(N)c1. The lowest BCUT2D eigenvalue weighted by atomic mass is 9.97. The number of hydrogen-bond acceptors (Lipinski definition) is 2. The van der Waals surface area contributed by atoms with Crippen LogP contribution in [-0.2, 0) is 4.79 Å². The van der Waals surface area contributed by atoms with E-state index in [9.17, 15) is 4.79 Å². The molecule has 1 aromatic carbocycles. The quantitative estimate of drug-likeness (QED) is 0.786. The molecule has 0 saturated heterocycles. The first-order valence-corrected chi connectivity index (χ1v) is 5.46. The van der Waals surface area contributed by atoms with Crippen LogP contribution in [0.4, 0.5) is 5.69 Å². The number of carbonyl (C=O) groups excluding carboxylic acids is 1. The van der Waals surface area contributed by atoms with Gasteiger partial charge in [0.05, 0.1) is 0 Å². The van der Waals surface area contributed by atoms with Gasteiger partial charge in [0.25, 0.3) is 0 Å². The summed E-state index contributed by atoms with van der Waals surface area (Å²) in [5, 5.41) is 0. The van der Waals surface area contributed by atoms with Gasteiger partial charge in [0.15, 0.2) is 0 Å². The largest absolute Gasteiger partial charge is 0.398 e. The van der Waals surface area contributed by atoms with Gasteiger partial charge >= 0.3 is 0 Å². The Morgan fingerprint density at radius 2 is 1.94 bits per heavy atom. The summed E-state index contributed by atoms with van der Waals surface area (Å²) in [4.78, 5) is 10.9. The molecule has 1 rings (SSSR count). The molecule has 0 unspecified atom stereocenters. The molecule has 2 nitrogen and oxygen atoms in total. The van der Waals surface area contributed by atoms with E-state index in [1.807, 2.05) is 19.9 Å². The first-order chi connectivity index (χ1) is 7.41. The highest BCUT2D eigenvalue weighted by atomic mass is 16.1. The molecule has 0 fully saturated rings. The molecule has 0 aliphatic carbocycles. The van der Waals surface area contributed by atoms with Gasteiger partial charge in [0.2, 0.25) is 0 Å². The van der Waals surface area contributed by atoms with E-state index in [1.165, 1.54) is 5.56 Å². The number of nitrogens with two attached hydrogens (primary N) is 1. The highest BCUT2D eigenvalue weighted by Crippen LogP contribution is 2.25. The minimum Gasteiger partial charge on any atom is -0.398 e. The average molecular weight is 217 g/mol. The van der Waals surface area contributed by atoms with Gasteiger partial charge in [0, 0.05) is 12.1 Å². The molecule has 0 bridgehead atoms. The Kier molecular flexibility index (Phi) is 3.88. The van der Waals surface area contributed by atoms with Crippen LogP contribution in [-0.4, -0.2) is 5.78 Å². The van der Waals surface area contributed by atoms with Crippen molar-refractivity contribution in [2.24, 2.45) is 0 Å². The molecule has 0 aliphatic rings. The molecule has 0 aliphatic heterocycles. The third-order valence-electron chi connectivity index (χ3n) is 2.89. The molecule has 16 heavy (non-hydrogen) atoms. The molecule has 2 heteroatoms. The van der Waals surface area contributed by atoms with Crippen molar-refractivity contribution >= 4 is 17.0 Å². The lowest BCUT2D eigenvalue weighted by Crippen LogP contribution is -1.96. The number of nitrogen functional groups attached to an aromatic ring is 1. The minimum absolute atomic E-state index is 0.193. The summed E-state index contributed by atoms with van der Waals surface area (Å²) in [5.41, 5.74) is 11.0. The van der Waals surface area contributed by atoms with Crippen molar-refractivity contribution in [3.8, 4) is 0 Å². The lowest BCUT2D eigenvalue weighted by Gasteiger charge is -2.10. The number of anilines is 1. The fraction of sp³-hybridized carbons (Fsp3) is 0.357. The topological polar surface area (TPSA) is 43.1 Å². The maximum absolute atomic E-state index is 10.9. The van der Waals surface area contributed by atoms with E-state index in [4.69, 9.17) is 5.73 Å². The Labute approximate surface area is 97.2 Å². The van der Waals surface area contributed by atoms with E-state index >= 15 is 0 Å². The molecule has 86 valence electrons. The van der Waals surface area contributed by atoms with Crippen molar-refractivity contribution in [3.63, 3.8) is 0 Å². The second-order valence-corrected chi connectivity index (χ2v) is 4.31. The van der Waals surface area contributed by atoms with E-state index in [1.54, 1.807) is 6.92 Å². The van der Waals surface area contributed by atoms with Crippen molar-refractivity contribution in [2.75, 3.05) is 5.73 Å². The maximum atomic E-state index is 10.9.